The summed E-state index contributed by atoms with van der Waals surface area (Å²) in [6.07, 6.45) is 0. The van der Waals surface area contributed by atoms with Gasteiger partial charge in [0.05, 0.1) is 5.56 Å². The number of amides is 1. The zero-order valence-electron chi connectivity index (χ0n) is 16.7. The molecule has 0 atom stereocenters. The molecular formula is C22H27NO4. The average molecular weight is 369 g/mol. The van der Waals surface area contributed by atoms with Crippen molar-refractivity contribution >= 4 is 11.9 Å². The molecule has 0 bridgehead atoms. The van der Waals surface area contributed by atoms with Crippen molar-refractivity contribution in [2.45, 2.75) is 52.4 Å². The van der Waals surface area contributed by atoms with Crippen LogP contribution in [0.1, 0.15) is 73.4 Å². The summed E-state index contributed by atoms with van der Waals surface area (Å²) in [7, 11) is 0. The van der Waals surface area contributed by atoms with Gasteiger partial charge in [-0.25, -0.2) is 4.79 Å². The number of hydrogen-bond acceptors (Lipinski definition) is 4. The highest BCUT2D eigenvalue weighted by Gasteiger charge is 2.28. The number of carbonyl (C=O) groups is 2. The largest absolute Gasteiger partial charge is 0.507 e. The Morgan fingerprint density at radius 1 is 0.852 bits per heavy atom. The molecular weight excluding hydrogens is 342 g/mol. The van der Waals surface area contributed by atoms with E-state index in [0.29, 0.717) is 22.3 Å². The molecule has 0 aliphatic rings. The van der Waals surface area contributed by atoms with Gasteiger partial charge in [0.25, 0.3) is 5.91 Å². The van der Waals surface area contributed by atoms with Crippen LogP contribution in [0.15, 0.2) is 42.5 Å². The van der Waals surface area contributed by atoms with Gasteiger partial charge in [-0.15, -0.1) is 0 Å². The summed E-state index contributed by atoms with van der Waals surface area (Å²) in [4.78, 5) is 29.5. The molecule has 0 radical (unpaired) electrons. The summed E-state index contributed by atoms with van der Waals surface area (Å²) in [5, 5.41) is 10.7. The molecule has 2 aromatic rings. The van der Waals surface area contributed by atoms with Gasteiger partial charge in [0.2, 0.25) is 0 Å². The molecule has 0 aromatic heterocycles. The number of phenolic OH excluding ortho intramolecular Hbond substituents is 1. The normalized spacial score (nSPS) is 11.8. The van der Waals surface area contributed by atoms with Crippen molar-refractivity contribution in [1.82, 2.24) is 5.48 Å². The lowest BCUT2D eigenvalue weighted by Gasteiger charge is -2.28. The van der Waals surface area contributed by atoms with Crippen molar-refractivity contribution in [2.24, 2.45) is 0 Å². The Balaban J connectivity index is 2.31. The molecule has 5 heteroatoms. The first-order valence-electron chi connectivity index (χ1n) is 8.86. The number of benzene rings is 2. The highest BCUT2D eigenvalue weighted by molar-refractivity contribution is 5.96. The van der Waals surface area contributed by atoms with Crippen LogP contribution in [0.25, 0.3) is 0 Å². The molecule has 1 amide bonds. The van der Waals surface area contributed by atoms with E-state index in [4.69, 9.17) is 4.84 Å². The molecule has 0 saturated carbocycles. The summed E-state index contributed by atoms with van der Waals surface area (Å²) in [6, 6.07) is 11.7. The first-order chi connectivity index (χ1) is 12.4. The molecule has 144 valence electrons. The fourth-order valence-electron chi connectivity index (χ4n) is 2.69. The highest BCUT2D eigenvalue weighted by atomic mass is 16.7. The number of nitrogens with one attached hydrogen (secondary N) is 1. The van der Waals surface area contributed by atoms with Crippen molar-refractivity contribution in [3.63, 3.8) is 0 Å². The van der Waals surface area contributed by atoms with Gasteiger partial charge in [-0.1, -0.05) is 59.7 Å². The summed E-state index contributed by atoms with van der Waals surface area (Å²) < 4.78 is 0. The fraction of sp³-hybridized carbons (Fsp3) is 0.364. The second-order valence-electron chi connectivity index (χ2n) is 8.61. The molecule has 0 unspecified atom stereocenters. The average Bonchev–Trinajstić information content (AvgIpc) is 2.58. The number of aromatic hydroxyl groups is 1. The van der Waals surface area contributed by atoms with Crippen LogP contribution < -0.4 is 5.48 Å². The quantitative estimate of drug-likeness (QED) is 0.765. The molecule has 0 fully saturated rings. The van der Waals surface area contributed by atoms with Gasteiger partial charge in [-0.05, 0) is 35.1 Å². The lowest BCUT2D eigenvalue weighted by Crippen LogP contribution is -2.28. The minimum Gasteiger partial charge on any atom is -0.507 e. The van der Waals surface area contributed by atoms with E-state index in [2.05, 4.69) is 5.48 Å². The Hall–Kier alpha value is -2.82. The second-order valence-corrected chi connectivity index (χ2v) is 8.61. The van der Waals surface area contributed by atoms with Crippen molar-refractivity contribution in [3.8, 4) is 5.75 Å². The van der Waals surface area contributed by atoms with Gasteiger partial charge in [0.15, 0.2) is 0 Å². The molecule has 0 aliphatic heterocycles. The van der Waals surface area contributed by atoms with E-state index >= 15 is 0 Å². The van der Waals surface area contributed by atoms with Crippen molar-refractivity contribution in [2.75, 3.05) is 0 Å². The van der Waals surface area contributed by atoms with E-state index in [-0.39, 0.29) is 16.6 Å². The Morgan fingerprint density at radius 3 is 1.78 bits per heavy atom. The molecule has 0 saturated heterocycles. The fourth-order valence-corrected chi connectivity index (χ4v) is 2.69. The monoisotopic (exact) mass is 369 g/mol. The van der Waals surface area contributed by atoms with Crippen LogP contribution in [-0.2, 0) is 15.7 Å². The maximum atomic E-state index is 12.6. The van der Waals surface area contributed by atoms with Crippen molar-refractivity contribution in [1.29, 1.82) is 0 Å². The molecule has 5 nitrogen and oxygen atoms in total. The van der Waals surface area contributed by atoms with Gasteiger partial charge in [0, 0.05) is 16.7 Å². The predicted molar refractivity (Wildman–Crippen MR) is 105 cm³/mol. The Kier molecular flexibility index (Phi) is 5.64. The Labute approximate surface area is 160 Å². The van der Waals surface area contributed by atoms with Gasteiger partial charge in [-0.2, -0.15) is 5.48 Å². The molecule has 2 rings (SSSR count). The summed E-state index contributed by atoms with van der Waals surface area (Å²) >= 11 is 0. The van der Waals surface area contributed by atoms with Crippen LogP contribution in [0.3, 0.4) is 0 Å². The molecule has 0 spiro atoms. The van der Waals surface area contributed by atoms with Crippen LogP contribution in [-0.4, -0.2) is 17.0 Å². The standard InChI is InChI=1S/C22H27NO4/c1-21(2,3)16-12-15(13-17(18(16)24)22(4,5)6)19(25)23-27-20(26)14-10-8-7-9-11-14/h7-13,24H,1-6H3,(H,23,25). The SMILES string of the molecule is CC(C)(C)c1cc(C(=O)NOC(=O)c2ccccc2)cc(C(C)(C)C)c1O. The van der Waals surface area contributed by atoms with Crippen molar-refractivity contribution < 1.29 is 19.5 Å². The Morgan fingerprint density at radius 2 is 1.33 bits per heavy atom. The first-order valence-corrected chi connectivity index (χ1v) is 8.86. The van der Waals surface area contributed by atoms with E-state index in [1.54, 1.807) is 42.5 Å². The molecule has 2 aromatic carbocycles. The molecule has 2 N–H and O–H groups in total. The van der Waals surface area contributed by atoms with Gasteiger partial charge in [-0.3, -0.25) is 4.79 Å². The van der Waals surface area contributed by atoms with Gasteiger partial charge >= 0.3 is 5.97 Å². The number of hydrogen-bond donors (Lipinski definition) is 2. The van der Waals surface area contributed by atoms with Crippen LogP contribution in [0.2, 0.25) is 0 Å². The number of carbonyl (C=O) groups excluding carboxylic acids is 2. The predicted octanol–water partition coefficient (Wildman–Crippen LogP) is 4.49. The van der Waals surface area contributed by atoms with Crippen LogP contribution in [0, 0.1) is 0 Å². The van der Waals surface area contributed by atoms with Crippen LogP contribution >= 0.6 is 0 Å². The van der Waals surface area contributed by atoms with Gasteiger partial charge in [0.1, 0.15) is 5.75 Å². The maximum absolute atomic E-state index is 12.6. The minimum absolute atomic E-state index is 0.188. The smallest absolute Gasteiger partial charge is 0.362 e. The third-order valence-corrected chi connectivity index (χ3v) is 4.23. The van der Waals surface area contributed by atoms with E-state index < -0.39 is 11.9 Å². The minimum atomic E-state index is -0.644. The summed E-state index contributed by atoms with van der Waals surface area (Å²) in [6.45, 7) is 11.8. The number of phenols is 1. The molecule has 0 aliphatic carbocycles. The first kappa shape index (κ1) is 20.5. The Bertz CT molecular complexity index is 808. The van der Waals surface area contributed by atoms with E-state index in [0.717, 1.165) is 0 Å². The number of hydroxylamine groups is 1. The highest BCUT2D eigenvalue weighted by Crippen LogP contribution is 2.39. The topological polar surface area (TPSA) is 75.6 Å². The third-order valence-electron chi connectivity index (χ3n) is 4.23. The van der Waals surface area contributed by atoms with Crippen LogP contribution in [0.4, 0.5) is 0 Å². The maximum Gasteiger partial charge on any atom is 0.362 e. The third kappa shape index (κ3) is 4.88. The van der Waals surface area contributed by atoms with E-state index in [1.807, 2.05) is 41.5 Å². The number of rotatable bonds is 2. The lowest BCUT2D eigenvalue weighted by molar-refractivity contribution is 0.0230. The van der Waals surface area contributed by atoms with Crippen LogP contribution in [0.5, 0.6) is 5.75 Å². The lowest BCUT2D eigenvalue weighted by atomic mass is 9.78. The van der Waals surface area contributed by atoms with Crippen molar-refractivity contribution in [3.05, 3.63) is 64.7 Å². The zero-order chi connectivity index (χ0) is 20.4. The van der Waals surface area contributed by atoms with E-state index in [9.17, 15) is 14.7 Å². The zero-order valence-corrected chi connectivity index (χ0v) is 16.7. The van der Waals surface area contributed by atoms with E-state index in [1.165, 1.54) is 0 Å². The molecule has 27 heavy (non-hydrogen) atoms. The summed E-state index contributed by atoms with van der Waals surface area (Å²) in [5.41, 5.74) is 3.47. The molecule has 0 heterocycles. The second kappa shape index (κ2) is 7.43. The van der Waals surface area contributed by atoms with Gasteiger partial charge < -0.3 is 9.94 Å². The summed E-state index contributed by atoms with van der Waals surface area (Å²) in [5.74, 6) is -1.00.